The Morgan fingerprint density at radius 3 is 2.59 bits per heavy atom. The van der Waals surface area contributed by atoms with E-state index in [2.05, 4.69) is 9.88 Å². The van der Waals surface area contributed by atoms with E-state index < -0.39 is 6.10 Å². The van der Waals surface area contributed by atoms with Gasteiger partial charge in [0.25, 0.3) is 6.01 Å². The van der Waals surface area contributed by atoms with Crippen LogP contribution in [0.4, 0.5) is 6.01 Å². The van der Waals surface area contributed by atoms with Crippen LogP contribution in [0.25, 0.3) is 11.1 Å². The molecule has 0 bridgehead atoms. The number of aliphatic hydroxyl groups is 1. The zero-order chi connectivity index (χ0) is 17.6. The molecule has 0 saturated carbocycles. The van der Waals surface area contributed by atoms with E-state index in [1.807, 2.05) is 6.07 Å². The van der Waals surface area contributed by atoms with E-state index in [-0.39, 0.29) is 42.7 Å². The lowest BCUT2D eigenvalue weighted by molar-refractivity contribution is -0.135. The number of fused-ring (bicyclic) bond motifs is 1. The molecule has 2 aliphatic heterocycles. The lowest BCUT2D eigenvalue weighted by Gasteiger charge is -2.32. The largest absolute Gasteiger partial charge is 0.423 e. The molecule has 150 valence electrons. The Balaban J connectivity index is 0.00000131. The molecule has 0 spiro atoms. The molecule has 0 aliphatic carbocycles. The van der Waals surface area contributed by atoms with Gasteiger partial charge < -0.3 is 25.1 Å². The van der Waals surface area contributed by atoms with Crippen LogP contribution in [0.1, 0.15) is 12.8 Å². The number of halogens is 3. The lowest BCUT2D eigenvalue weighted by atomic mass is 9.95. The molecule has 3 heterocycles. The number of benzene rings is 1. The minimum atomic E-state index is -0.615. The van der Waals surface area contributed by atoms with Crippen molar-refractivity contribution in [1.29, 1.82) is 0 Å². The predicted octanol–water partition coefficient (Wildman–Crippen LogP) is 2.07. The average molecular weight is 438 g/mol. The number of anilines is 1. The van der Waals surface area contributed by atoms with Crippen molar-refractivity contribution in [2.24, 2.45) is 11.7 Å². The number of rotatable bonds is 2. The fourth-order valence-electron chi connectivity index (χ4n) is 3.59. The van der Waals surface area contributed by atoms with E-state index in [1.165, 1.54) is 0 Å². The van der Waals surface area contributed by atoms with Crippen molar-refractivity contribution in [2.45, 2.75) is 25.0 Å². The standard InChI is InChI=1S/C17H21ClN4O3.2ClH/c18-11-1-2-13-15(7-11)25-17(20-13)21-5-3-10(4-6-21)16(24)22-8-12(19)14(23)9-22;;/h1-2,7,10,12,14,23H,3-6,8-9,19H2;2*1H/t12-,14-;;/m1../s1. The van der Waals surface area contributed by atoms with Gasteiger partial charge in [-0.2, -0.15) is 4.98 Å². The molecule has 2 atom stereocenters. The SMILES string of the molecule is Cl.Cl.N[C@@H]1CN(C(=O)C2CCN(c3nc4ccc(Cl)cc4o3)CC2)C[C@H]1O. The van der Waals surface area contributed by atoms with Crippen molar-refractivity contribution in [3.8, 4) is 0 Å². The number of hydrogen-bond acceptors (Lipinski definition) is 6. The highest BCUT2D eigenvalue weighted by atomic mass is 35.5. The van der Waals surface area contributed by atoms with Gasteiger partial charge in [0.1, 0.15) is 5.52 Å². The fourth-order valence-corrected chi connectivity index (χ4v) is 3.75. The molecule has 2 saturated heterocycles. The summed E-state index contributed by atoms with van der Waals surface area (Å²) < 4.78 is 5.80. The van der Waals surface area contributed by atoms with Gasteiger partial charge >= 0.3 is 0 Å². The maximum Gasteiger partial charge on any atom is 0.298 e. The summed E-state index contributed by atoms with van der Waals surface area (Å²) >= 11 is 5.98. The van der Waals surface area contributed by atoms with Crippen LogP contribution in [0.15, 0.2) is 22.6 Å². The van der Waals surface area contributed by atoms with Gasteiger partial charge in [0, 0.05) is 49.2 Å². The van der Waals surface area contributed by atoms with Crippen LogP contribution >= 0.6 is 36.4 Å². The number of β-amino-alcohol motifs (C(OH)–C–C–N with tert-alkyl or cyclic N) is 1. The van der Waals surface area contributed by atoms with E-state index in [9.17, 15) is 9.90 Å². The zero-order valence-corrected chi connectivity index (χ0v) is 17.0. The number of amides is 1. The van der Waals surface area contributed by atoms with Crippen LogP contribution in [-0.4, -0.2) is 59.2 Å². The summed E-state index contributed by atoms with van der Waals surface area (Å²) in [5.41, 5.74) is 7.24. The Hall–Kier alpha value is -1.25. The first-order valence-electron chi connectivity index (χ1n) is 8.55. The van der Waals surface area contributed by atoms with Gasteiger partial charge in [-0.1, -0.05) is 11.6 Å². The van der Waals surface area contributed by atoms with E-state index in [1.54, 1.807) is 17.0 Å². The van der Waals surface area contributed by atoms with E-state index in [4.69, 9.17) is 21.8 Å². The maximum absolute atomic E-state index is 12.6. The number of hydrogen-bond donors (Lipinski definition) is 2. The average Bonchev–Trinajstić information content (AvgIpc) is 3.17. The van der Waals surface area contributed by atoms with Crippen LogP contribution < -0.4 is 10.6 Å². The molecule has 27 heavy (non-hydrogen) atoms. The molecule has 1 amide bonds. The Morgan fingerprint density at radius 2 is 1.96 bits per heavy atom. The summed E-state index contributed by atoms with van der Waals surface area (Å²) in [6.45, 7) is 2.19. The molecular formula is C17H23Cl3N4O3. The summed E-state index contributed by atoms with van der Waals surface area (Å²) in [5, 5.41) is 10.4. The summed E-state index contributed by atoms with van der Waals surface area (Å²) in [4.78, 5) is 20.8. The normalized spacial score (nSPS) is 23.2. The fraction of sp³-hybridized carbons (Fsp3) is 0.529. The van der Waals surface area contributed by atoms with Crippen molar-refractivity contribution < 1.29 is 14.3 Å². The van der Waals surface area contributed by atoms with Gasteiger partial charge in [0.15, 0.2) is 5.58 Å². The zero-order valence-electron chi connectivity index (χ0n) is 14.6. The molecule has 2 fully saturated rings. The number of nitrogens with zero attached hydrogens (tertiary/aromatic N) is 3. The van der Waals surface area contributed by atoms with Gasteiger partial charge in [-0.3, -0.25) is 4.79 Å². The van der Waals surface area contributed by atoms with Crippen LogP contribution in [0.2, 0.25) is 5.02 Å². The first-order chi connectivity index (χ1) is 12.0. The van der Waals surface area contributed by atoms with Crippen LogP contribution in [0.3, 0.4) is 0 Å². The quantitative estimate of drug-likeness (QED) is 0.747. The highest BCUT2D eigenvalue weighted by Gasteiger charge is 2.36. The molecule has 4 rings (SSSR count). The maximum atomic E-state index is 12.6. The predicted molar refractivity (Wildman–Crippen MR) is 109 cm³/mol. The monoisotopic (exact) mass is 436 g/mol. The molecule has 3 N–H and O–H groups in total. The molecule has 0 unspecified atom stereocenters. The second kappa shape index (κ2) is 8.84. The summed E-state index contributed by atoms with van der Waals surface area (Å²) in [5.74, 6) is 0.0589. The first kappa shape index (κ1) is 22.0. The third kappa shape index (κ3) is 4.43. The van der Waals surface area contributed by atoms with Crippen molar-refractivity contribution >= 4 is 59.4 Å². The van der Waals surface area contributed by atoms with Crippen LogP contribution in [0.5, 0.6) is 0 Å². The molecule has 2 aliphatic rings. The summed E-state index contributed by atoms with van der Waals surface area (Å²) in [6.07, 6.45) is 0.857. The van der Waals surface area contributed by atoms with Crippen molar-refractivity contribution in [3.63, 3.8) is 0 Å². The second-order valence-electron chi connectivity index (χ2n) is 6.84. The third-order valence-electron chi connectivity index (χ3n) is 5.10. The highest BCUT2D eigenvalue weighted by Crippen LogP contribution is 2.29. The molecule has 10 heteroatoms. The summed E-state index contributed by atoms with van der Waals surface area (Å²) in [7, 11) is 0. The van der Waals surface area contributed by atoms with Gasteiger partial charge in [-0.15, -0.1) is 24.8 Å². The van der Waals surface area contributed by atoms with Gasteiger partial charge in [0.05, 0.1) is 6.10 Å². The minimum Gasteiger partial charge on any atom is -0.423 e. The van der Waals surface area contributed by atoms with Crippen LogP contribution in [-0.2, 0) is 4.79 Å². The molecule has 1 aromatic carbocycles. The second-order valence-corrected chi connectivity index (χ2v) is 7.28. The first-order valence-corrected chi connectivity index (χ1v) is 8.92. The molecular weight excluding hydrogens is 415 g/mol. The molecule has 7 nitrogen and oxygen atoms in total. The lowest BCUT2D eigenvalue weighted by Crippen LogP contribution is -2.42. The van der Waals surface area contributed by atoms with Gasteiger partial charge in [-0.25, -0.2) is 0 Å². The number of oxazole rings is 1. The summed E-state index contributed by atoms with van der Waals surface area (Å²) in [6, 6.07) is 5.61. The van der Waals surface area contributed by atoms with Crippen molar-refractivity contribution in [1.82, 2.24) is 9.88 Å². The minimum absolute atomic E-state index is 0. The van der Waals surface area contributed by atoms with Crippen LogP contribution in [0, 0.1) is 5.92 Å². The number of carbonyl (C=O) groups excluding carboxylic acids is 1. The number of nitrogens with two attached hydrogens (primary N) is 1. The number of piperidine rings is 1. The Kier molecular flexibility index (Phi) is 7.21. The Labute approximate surface area is 174 Å². The van der Waals surface area contributed by atoms with Gasteiger partial charge in [-0.05, 0) is 25.0 Å². The van der Waals surface area contributed by atoms with Crippen molar-refractivity contribution in [2.75, 3.05) is 31.1 Å². The van der Waals surface area contributed by atoms with Crippen molar-refractivity contribution in [3.05, 3.63) is 23.2 Å². The topological polar surface area (TPSA) is 95.8 Å². The molecule has 1 aromatic heterocycles. The third-order valence-corrected chi connectivity index (χ3v) is 5.33. The number of carbonyl (C=O) groups is 1. The van der Waals surface area contributed by atoms with E-state index in [0.29, 0.717) is 42.8 Å². The smallest absolute Gasteiger partial charge is 0.298 e. The Morgan fingerprint density at radius 1 is 1.26 bits per heavy atom. The number of aliphatic hydroxyl groups excluding tert-OH is 1. The van der Waals surface area contributed by atoms with E-state index in [0.717, 1.165) is 18.4 Å². The molecule has 2 aromatic rings. The number of aromatic nitrogens is 1. The Bertz CT molecular complexity index is 785. The number of likely N-dealkylation sites (tertiary alicyclic amines) is 1. The van der Waals surface area contributed by atoms with Gasteiger partial charge in [0.2, 0.25) is 5.91 Å². The molecule has 0 radical (unpaired) electrons. The highest BCUT2D eigenvalue weighted by molar-refractivity contribution is 6.31. The van der Waals surface area contributed by atoms with E-state index >= 15 is 0 Å².